The summed E-state index contributed by atoms with van der Waals surface area (Å²) in [5.74, 6) is 0.683. The molecule has 0 atom stereocenters. The van der Waals surface area contributed by atoms with E-state index in [1.807, 2.05) is 6.92 Å². The standard InChI is InChI=1S/C11H21N5O2S/c1-2-10-13-9-11(15-10)19(17,18)14-5-8-16-6-3-12-4-7-16/h9,12,14H,2-8H2,1H3,(H,13,15). The predicted octanol–water partition coefficient (Wildman–Crippen LogP) is -0.844. The minimum absolute atomic E-state index is 0.143. The van der Waals surface area contributed by atoms with E-state index in [0.29, 0.717) is 18.8 Å². The molecule has 1 aliphatic heterocycles. The Bertz CT molecular complexity index is 493. The Balaban J connectivity index is 1.83. The largest absolute Gasteiger partial charge is 0.332 e. The smallest absolute Gasteiger partial charge is 0.257 e. The van der Waals surface area contributed by atoms with Crippen molar-refractivity contribution in [2.24, 2.45) is 0 Å². The maximum absolute atomic E-state index is 12.0. The maximum atomic E-state index is 12.0. The lowest BCUT2D eigenvalue weighted by molar-refractivity contribution is 0.245. The molecule has 1 fully saturated rings. The Morgan fingerprint density at radius 1 is 1.42 bits per heavy atom. The van der Waals surface area contributed by atoms with Crippen molar-refractivity contribution in [2.75, 3.05) is 39.3 Å². The van der Waals surface area contributed by atoms with Gasteiger partial charge in [0.25, 0.3) is 10.0 Å². The SMILES string of the molecule is CCc1ncc(S(=O)(=O)NCCN2CCNCC2)[nH]1. The van der Waals surface area contributed by atoms with Gasteiger partial charge in [0.2, 0.25) is 0 Å². The summed E-state index contributed by atoms with van der Waals surface area (Å²) in [7, 11) is -3.46. The van der Waals surface area contributed by atoms with E-state index in [1.165, 1.54) is 6.20 Å². The van der Waals surface area contributed by atoms with Gasteiger partial charge in [0.1, 0.15) is 5.82 Å². The summed E-state index contributed by atoms with van der Waals surface area (Å²) in [6.07, 6.45) is 2.06. The molecule has 0 saturated carbocycles. The number of nitrogens with zero attached hydrogens (tertiary/aromatic N) is 2. The Morgan fingerprint density at radius 3 is 2.79 bits per heavy atom. The average molecular weight is 287 g/mol. The van der Waals surface area contributed by atoms with E-state index < -0.39 is 10.0 Å². The summed E-state index contributed by atoms with van der Waals surface area (Å²) in [5.41, 5.74) is 0. The van der Waals surface area contributed by atoms with Crippen LogP contribution in [0.1, 0.15) is 12.7 Å². The van der Waals surface area contributed by atoms with Crippen molar-refractivity contribution in [2.45, 2.75) is 18.4 Å². The van der Waals surface area contributed by atoms with Crippen LogP contribution in [0.25, 0.3) is 0 Å². The molecule has 0 aromatic carbocycles. The third-order valence-corrected chi connectivity index (χ3v) is 4.53. The lowest BCUT2D eigenvalue weighted by Crippen LogP contribution is -2.46. The minimum atomic E-state index is -3.46. The number of aryl methyl sites for hydroxylation is 1. The number of H-pyrrole nitrogens is 1. The highest BCUT2D eigenvalue weighted by atomic mass is 32.2. The van der Waals surface area contributed by atoms with Crippen LogP contribution in [0.5, 0.6) is 0 Å². The molecule has 0 unspecified atom stereocenters. The molecule has 3 N–H and O–H groups in total. The molecule has 1 saturated heterocycles. The van der Waals surface area contributed by atoms with E-state index in [0.717, 1.165) is 32.7 Å². The normalized spacial score (nSPS) is 17.7. The van der Waals surface area contributed by atoms with Crippen LogP contribution in [-0.4, -0.2) is 62.6 Å². The summed E-state index contributed by atoms with van der Waals surface area (Å²) in [6, 6.07) is 0. The van der Waals surface area contributed by atoms with Crippen LogP contribution in [0.4, 0.5) is 0 Å². The van der Waals surface area contributed by atoms with Gasteiger partial charge in [-0.1, -0.05) is 6.92 Å². The summed E-state index contributed by atoms with van der Waals surface area (Å²) >= 11 is 0. The molecule has 0 radical (unpaired) electrons. The van der Waals surface area contributed by atoms with Crippen LogP contribution in [0.2, 0.25) is 0 Å². The molecule has 2 rings (SSSR count). The lowest BCUT2D eigenvalue weighted by Gasteiger charge is -2.26. The van der Waals surface area contributed by atoms with Crippen molar-refractivity contribution < 1.29 is 8.42 Å². The molecule has 0 amide bonds. The van der Waals surface area contributed by atoms with Crippen LogP contribution in [0, 0.1) is 0 Å². The third-order valence-electron chi connectivity index (χ3n) is 3.16. The van der Waals surface area contributed by atoms with Crippen molar-refractivity contribution in [3.63, 3.8) is 0 Å². The first-order valence-electron chi connectivity index (χ1n) is 6.58. The van der Waals surface area contributed by atoms with Crippen LogP contribution in [0.15, 0.2) is 11.2 Å². The molecule has 0 bridgehead atoms. The highest BCUT2D eigenvalue weighted by molar-refractivity contribution is 7.89. The van der Waals surface area contributed by atoms with E-state index in [-0.39, 0.29) is 5.03 Å². The first-order valence-corrected chi connectivity index (χ1v) is 8.07. The van der Waals surface area contributed by atoms with Crippen molar-refractivity contribution in [1.29, 1.82) is 0 Å². The van der Waals surface area contributed by atoms with Crippen LogP contribution < -0.4 is 10.0 Å². The van der Waals surface area contributed by atoms with Crippen LogP contribution in [0.3, 0.4) is 0 Å². The topological polar surface area (TPSA) is 90.1 Å². The van der Waals surface area contributed by atoms with Crippen molar-refractivity contribution in [3.8, 4) is 0 Å². The number of rotatable bonds is 6. The van der Waals surface area contributed by atoms with Gasteiger partial charge in [-0.3, -0.25) is 4.90 Å². The Kier molecular flexibility index (Phi) is 4.92. The van der Waals surface area contributed by atoms with Gasteiger partial charge < -0.3 is 10.3 Å². The van der Waals surface area contributed by atoms with Crippen LogP contribution >= 0.6 is 0 Å². The number of hydrogen-bond acceptors (Lipinski definition) is 5. The van der Waals surface area contributed by atoms with Gasteiger partial charge in [-0.05, 0) is 0 Å². The summed E-state index contributed by atoms with van der Waals surface area (Å²) in [4.78, 5) is 9.05. The monoisotopic (exact) mass is 287 g/mol. The van der Waals surface area contributed by atoms with Gasteiger partial charge in [-0.25, -0.2) is 18.1 Å². The molecule has 1 aliphatic rings. The second-order valence-corrected chi connectivity index (χ2v) is 6.27. The Labute approximate surface area is 113 Å². The first-order chi connectivity index (χ1) is 9.12. The second-order valence-electron chi connectivity index (χ2n) is 4.54. The number of imidazole rings is 1. The Morgan fingerprint density at radius 2 is 2.16 bits per heavy atom. The molecular formula is C11H21N5O2S. The van der Waals surface area contributed by atoms with Crippen LogP contribution in [-0.2, 0) is 16.4 Å². The van der Waals surface area contributed by atoms with Gasteiger partial charge in [-0.2, -0.15) is 0 Å². The number of hydrogen-bond donors (Lipinski definition) is 3. The fraction of sp³-hybridized carbons (Fsp3) is 0.727. The summed E-state index contributed by atoms with van der Waals surface area (Å²) in [5, 5.41) is 3.41. The zero-order chi connectivity index (χ0) is 13.7. The number of sulfonamides is 1. The van der Waals surface area contributed by atoms with Gasteiger partial charge in [0, 0.05) is 45.7 Å². The van der Waals surface area contributed by atoms with E-state index >= 15 is 0 Å². The second kappa shape index (κ2) is 6.47. The third kappa shape index (κ3) is 4.00. The van der Waals surface area contributed by atoms with Crippen molar-refractivity contribution in [3.05, 3.63) is 12.0 Å². The van der Waals surface area contributed by atoms with Gasteiger partial charge in [0.15, 0.2) is 5.03 Å². The van der Waals surface area contributed by atoms with E-state index in [2.05, 4.69) is 24.9 Å². The molecule has 2 heterocycles. The molecule has 108 valence electrons. The maximum Gasteiger partial charge on any atom is 0.257 e. The molecule has 0 aliphatic carbocycles. The molecule has 8 heteroatoms. The fourth-order valence-electron chi connectivity index (χ4n) is 2.01. The fourth-order valence-corrected chi connectivity index (χ4v) is 2.97. The predicted molar refractivity (Wildman–Crippen MR) is 72.5 cm³/mol. The van der Waals surface area contributed by atoms with Gasteiger partial charge >= 0.3 is 0 Å². The van der Waals surface area contributed by atoms with E-state index in [9.17, 15) is 8.42 Å². The Hall–Kier alpha value is -0.960. The van der Waals surface area contributed by atoms with Crippen molar-refractivity contribution >= 4 is 10.0 Å². The summed E-state index contributed by atoms with van der Waals surface area (Å²) in [6.45, 7) is 6.93. The number of aromatic nitrogens is 2. The quantitative estimate of drug-likeness (QED) is 0.634. The highest BCUT2D eigenvalue weighted by Crippen LogP contribution is 2.05. The zero-order valence-corrected chi connectivity index (χ0v) is 12.0. The van der Waals surface area contributed by atoms with Gasteiger partial charge in [0.05, 0.1) is 6.20 Å². The van der Waals surface area contributed by atoms with Crippen molar-refractivity contribution in [1.82, 2.24) is 24.9 Å². The molecule has 0 spiro atoms. The molecule has 19 heavy (non-hydrogen) atoms. The minimum Gasteiger partial charge on any atom is -0.332 e. The zero-order valence-electron chi connectivity index (χ0n) is 11.1. The van der Waals surface area contributed by atoms with E-state index in [1.54, 1.807) is 0 Å². The average Bonchev–Trinajstić information content (AvgIpc) is 2.89. The summed E-state index contributed by atoms with van der Waals surface area (Å²) < 4.78 is 26.6. The van der Waals surface area contributed by atoms with Gasteiger partial charge in [-0.15, -0.1) is 0 Å². The number of aromatic amines is 1. The van der Waals surface area contributed by atoms with E-state index in [4.69, 9.17) is 0 Å². The highest BCUT2D eigenvalue weighted by Gasteiger charge is 2.17. The molecule has 1 aromatic rings. The number of piperazine rings is 1. The molecule has 1 aromatic heterocycles. The first kappa shape index (κ1) is 14.4. The molecular weight excluding hydrogens is 266 g/mol. The molecule has 7 nitrogen and oxygen atoms in total. The number of nitrogens with one attached hydrogen (secondary N) is 3. The lowest BCUT2D eigenvalue weighted by atomic mass is 10.3.